The van der Waals surface area contributed by atoms with Gasteiger partial charge in [0.2, 0.25) is 0 Å². The topological polar surface area (TPSA) is 17.8 Å². The molecule has 56 valence electrons. The van der Waals surface area contributed by atoms with Crippen LogP contribution in [0.15, 0.2) is 18.5 Å². The largest absolute Gasteiger partial charge is 0.334 e. The van der Waals surface area contributed by atoms with Crippen LogP contribution in [-0.2, 0) is 7.05 Å². The SMILES string of the molecule is Cn1cnc2c1=CC=CCC=2. The van der Waals surface area contributed by atoms with E-state index in [1.807, 2.05) is 17.9 Å². The zero-order valence-electron chi connectivity index (χ0n) is 6.49. The average Bonchev–Trinajstić information content (AvgIpc) is 2.25. The Morgan fingerprint density at radius 3 is 3.36 bits per heavy atom. The lowest BCUT2D eigenvalue weighted by Gasteiger charge is -1.84. The fourth-order valence-electron chi connectivity index (χ4n) is 1.24. The van der Waals surface area contributed by atoms with Crippen molar-refractivity contribution >= 4 is 12.2 Å². The van der Waals surface area contributed by atoms with Crippen molar-refractivity contribution in [3.8, 4) is 0 Å². The van der Waals surface area contributed by atoms with E-state index < -0.39 is 0 Å². The Morgan fingerprint density at radius 1 is 1.55 bits per heavy atom. The van der Waals surface area contributed by atoms with Crippen LogP contribution in [0.1, 0.15) is 6.42 Å². The Bertz CT molecular complexity index is 396. The van der Waals surface area contributed by atoms with E-state index in [2.05, 4.69) is 29.3 Å². The third-order valence-electron chi connectivity index (χ3n) is 1.85. The van der Waals surface area contributed by atoms with Crippen LogP contribution in [0.4, 0.5) is 0 Å². The van der Waals surface area contributed by atoms with E-state index in [1.54, 1.807) is 0 Å². The molecule has 0 aromatic carbocycles. The number of allylic oxidation sites excluding steroid dienone is 2. The quantitative estimate of drug-likeness (QED) is 0.501. The average molecular weight is 146 g/mol. The number of aryl methyl sites for hydroxylation is 1. The maximum absolute atomic E-state index is 4.25. The highest BCUT2D eigenvalue weighted by molar-refractivity contribution is 5.40. The molecule has 0 bridgehead atoms. The molecule has 0 unspecified atom stereocenters. The number of imidazole rings is 1. The molecule has 2 nitrogen and oxygen atoms in total. The van der Waals surface area contributed by atoms with E-state index in [1.165, 1.54) is 5.35 Å². The molecule has 0 amide bonds. The molecule has 0 saturated carbocycles. The summed E-state index contributed by atoms with van der Waals surface area (Å²) in [5.41, 5.74) is 0. The molecule has 2 rings (SSSR count). The minimum absolute atomic E-state index is 0.987. The standard InChI is InChI=1S/C9H10N2/c1-11-7-10-8-5-3-2-4-6-9(8)11/h2,4-7H,3H2,1H3. The third-order valence-corrected chi connectivity index (χ3v) is 1.85. The Labute approximate surface area is 65.2 Å². The molecule has 1 aromatic heterocycles. The highest BCUT2D eigenvalue weighted by Crippen LogP contribution is 1.86. The lowest BCUT2D eigenvalue weighted by Crippen LogP contribution is -2.27. The maximum Gasteiger partial charge on any atom is 0.0955 e. The molecule has 1 heterocycles. The van der Waals surface area contributed by atoms with Gasteiger partial charge in [0.15, 0.2) is 0 Å². The summed E-state index contributed by atoms with van der Waals surface area (Å²) < 4.78 is 2.03. The van der Waals surface area contributed by atoms with E-state index in [0.717, 1.165) is 11.8 Å². The van der Waals surface area contributed by atoms with Crippen LogP contribution in [-0.4, -0.2) is 9.55 Å². The van der Waals surface area contributed by atoms with Gasteiger partial charge in [0.25, 0.3) is 0 Å². The van der Waals surface area contributed by atoms with Crippen molar-refractivity contribution in [1.82, 2.24) is 9.55 Å². The second-order valence-corrected chi connectivity index (χ2v) is 2.66. The van der Waals surface area contributed by atoms with Crippen molar-refractivity contribution in [3.05, 3.63) is 29.2 Å². The highest BCUT2D eigenvalue weighted by Gasteiger charge is 1.92. The fourth-order valence-corrected chi connectivity index (χ4v) is 1.24. The molecule has 0 atom stereocenters. The van der Waals surface area contributed by atoms with E-state index >= 15 is 0 Å². The summed E-state index contributed by atoms with van der Waals surface area (Å²) >= 11 is 0. The molecule has 0 spiro atoms. The molecule has 0 fully saturated rings. The Morgan fingerprint density at radius 2 is 2.45 bits per heavy atom. The van der Waals surface area contributed by atoms with Gasteiger partial charge in [-0.15, -0.1) is 0 Å². The summed E-state index contributed by atoms with van der Waals surface area (Å²) in [5.74, 6) is 0. The summed E-state index contributed by atoms with van der Waals surface area (Å²) in [4.78, 5) is 4.25. The van der Waals surface area contributed by atoms with Gasteiger partial charge in [0.1, 0.15) is 0 Å². The van der Waals surface area contributed by atoms with Gasteiger partial charge in [-0.1, -0.05) is 18.2 Å². The monoisotopic (exact) mass is 146 g/mol. The molecule has 1 aliphatic carbocycles. The van der Waals surface area contributed by atoms with Crippen LogP contribution in [0, 0.1) is 0 Å². The fraction of sp³-hybridized carbons (Fsp3) is 0.222. The predicted octanol–water partition coefficient (Wildman–Crippen LogP) is -0.0590. The van der Waals surface area contributed by atoms with Crippen molar-refractivity contribution in [2.75, 3.05) is 0 Å². The van der Waals surface area contributed by atoms with Crippen molar-refractivity contribution in [2.45, 2.75) is 6.42 Å². The van der Waals surface area contributed by atoms with Crippen molar-refractivity contribution in [1.29, 1.82) is 0 Å². The van der Waals surface area contributed by atoms with Gasteiger partial charge in [0.05, 0.1) is 17.0 Å². The maximum atomic E-state index is 4.25. The summed E-state index contributed by atoms with van der Waals surface area (Å²) in [6, 6.07) is 0. The van der Waals surface area contributed by atoms with E-state index in [9.17, 15) is 0 Å². The van der Waals surface area contributed by atoms with Crippen LogP contribution in [0.3, 0.4) is 0 Å². The zero-order valence-corrected chi connectivity index (χ0v) is 6.49. The van der Waals surface area contributed by atoms with Crippen LogP contribution in [0.2, 0.25) is 0 Å². The molecule has 0 saturated heterocycles. The number of rotatable bonds is 0. The van der Waals surface area contributed by atoms with Crippen molar-refractivity contribution < 1.29 is 0 Å². The van der Waals surface area contributed by atoms with Crippen molar-refractivity contribution in [2.24, 2.45) is 7.05 Å². The minimum Gasteiger partial charge on any atom is -0.334 e. The smallest absolute Gasteiger partial charge is 0.0955 e. The molecule has 1 aliphatic rings. The number of nitrogens with zero attached hydrogens (tertiary/aromatic N) is 2. The summed E-state index contributed by atoms with van der Waals surface area (Å²) in [5, 5.41) is 2.29. The first-order valence-corrected chi connectivity index (χ1v) is 3.72. The number of fused-ring (bicyclic) bond motifs is 1. The summed E-state index contributed by atoms with van der Waals surface area (Å²) in [7, 11) is 2.01. The second-order valence-electron chi connectivity index (χ2n) is 2.66. The summed E-state index contributed by atoms with van der Waals surface area (Å²) in [6.45, 7) is 0. The van der Waals surface area contributed by atoms with Crippen LogP contribution >= 0.6 is 0 Å². The molecule has 0 aliphatic heterocycles. The Kier molecular flexibility index (Phi) is 1.39. The van der Waals surface area contributed by atoms with Gasteiger partial charge >= 0.3 is 0 Å². The van der Waals surface area contributed by atoms with Gasteiger partial charge < -0.3 is 4.57 Å². The molecular weight excluding hydrogens is 136 g/mol. The number of hydrogen-bond acceptors (Lipinski definition) is 1. The number of hydrogen-bond donors (Lipinski definition) is 0. The second kappa shape index (κ2) is 2.38. The molecule has 2 heteroatoms. The first-order valence-electron chi connectivity index (χ1n) is 3.72. The molecule has 0 N–H and O–H groups in total. The van der Waals surface area contributed by atoms with E-state index in [0.29, 0.717) is 0 Å². The van der Waals surface area contributed by atoms with Crippen LogP contribution < -0.4 is 10.7 Å². The third kappa shape index (κ3) is 1.00. The van der Waals surface area contributed by atoms with Gasteiger partial charge in [-0.2, -0.15) is 0 Å². The lowest BCUT2D eigenvalue weighted by atomic mass is 10.4. The Balaban J connectivity index is 2.85. The predicted molar refractivity (Wildman–Crippen MR) is 45.1 cm³/mol. The van der Waals surface area contributed by atoms with Gasteiger partial charge in [0, 0.05) is 7.05 Å². The van der Waals surface area contributed by atoms with E-state index in [-0.39, 0.29) is 0 Å². The first kappa shape index (κ1) is 6.40. The summed E-state index contributed by atoms with van der Waals surface area (Å²) in [6.07, 6.45) is 11.3. The first-order chi connectivity index (χ1) is 5.38. The van der Waals surface area contributed by atoms with Crippen LogP contribution in [0.5, 0.6) is 0 Å². The molecular formula is C9H10N2. The zero-order chi connectivity index (χ0) is 7.68. The van der Waals surface area contributed by atoms with Crippen LogP contribution in [0.25, 0.3) is 12.2 Å². The van der Waals surface area contributed by atoms with Gasteiger partial charge in [-0.25, -0.2) is 4.98 Å². The Hall–Kier alpha value is -1.31. The van der Waals surface area contributed by atoms with Crippen molar-refractivity contribution in [3.63, 3.8) is 0 Å². The van der Waals surface area contributed by atoms with Gasteiger partial charge in [-0.05, 0) is 12.5 Å². The highest BCUT2D eigenvalue weighted by atomic mass is 15.0. The normalized spacial score (nSPS) is 14.6. The number of aromatic nitrogens is 2. The molecule has 0 radical (unpaired) electrons. The molecule has 11 heavy (non-hydrogen) atoms. The lowest BCUT2D eigenvalue weighted by molar-refractivity contribution is 0.881. The van der Waals surface area contributed by atoms with E-state index in [4.69, 9.17) is 0 Å². The van der Waals surface area contributed by atoms with Gasteiger partial charge in [-0.3, -0.25) is 0 Å². The molecule has 1 aromatic rings. The minimum atomic E-state index is 0.987.